The predicted molar refractivity (Wildman–Crippen MR) is 125 cm³/mol. The van der Waals surface area contributed by atoms with Crippen LogP contribution < -0.4 is 15.0 Å². The van der Waals surface area contributed by atoms with E-state index in [1.807, 2.05) is 102 Å². The van der Waals surface area contributed by atoms with Gasteiger partial charge in [0.15, 0.2) is 5.75 Å². The van der Waals surface area contributed by atoms with Gasteiger partial charge < -0.3 is 15.0 Å². The molecule has 31 heavy (non-hydrogen) atoms. The molecule has 1 heterocycles. The smallest absolute Gasteiger partial charge is 0.240 e. The van der Waals surface area contributed by atoms with E-state index in [4.69, 9.17) is 4.74 Å². The van der Waals surface area contributed by atoms with Crippen molar-refractivity contribution in [3.05, 3.63) is 107 Å². The Morgan fingerprint density at radius 3 is 2.39 bits per heavy atom. The molecule has 0 spiro atoms. The van der Waals surface area contributed by atoms with E-state index in [0.29, 0.717) is 5.75 Å². The normalized spacial score (nSPS) is 11.5. The zero-order valence-corrected chi connectivity index (χ0v) is 18.0. The van der Waals surface area contributed by atoms with E-state index in [1.54, 1.807) is 6.20 Å². The molecule has 0 bridgehead atoms. The van der Waals surface area contributed by atoms with Crippen LogP contribution in [0.3, 0.4) is 0 Å². The molecule has 0 aliphatic rings. The van der Waals surface area contributed by atoms with E-state index >= 15 is 0 Å². The van der Waals surface area contributed by atoms with Gasteiger partial charge >= 0.3 is 0 Å². The fraction of sp³-hybridized carbons (Fsp3) is 0.120. The molecule has 4 rings (SSSR count). The third kappa shape index (κ3) is 5.29. The molecule has 1 amide bonds. The summed E-state index contributed by atoms with van der Waals surface area (Å²) < 4.78 is 6.04. The van der Waals surface area contributed by atoms with Crippen molar-refractivity contribution in [2.45, 2.75) is 6.04 Å². The quantitative estimate of drug-likeness (QED) is 0.414. The van der Waals surface area contributed by atoms with Crippen LogP contribution in [0.25, 0.3) is 0 Å². The molecule has 1 atom stereocenters. The Bertz CT molecular complexity index is 1100. The van der Waals surface area contributed by atoms with Crippen LogP contribution in [0, 0.1) is 0 Å². The highest BCUT2D eigenvalue weighted by atomic mass is 32.1. The summed E-state index contributed by atoms with van der Waals surface area (Å²) in [6.07, 6.45) is 1.76. The van der Waals surface area contributed by atoms with Gasteiger partial charge in [-0.05, 0) is 29.8 Å². The lowest BCUT2D eigenvalue weighted by Crippen LogP contribution is -2.37. The van der Waals surface area contributed by atoms with Gasteiger partial charge in [-0.1, -0.05) is 60.7 Å². The van der Waals surface area contributed by atoms with E-state index in [-0.39, 0.29) is 18.5 Å². The molecule has 4 aromatic rings. The van der Waals surface area contributed by atoms with Crippen molar-refractivity contribution in [2.75, 3.05) is 18.5 Å². The topological polar surface area (TPSA) is 54.5 Å². The molecule has 0 fully saturated rings. The number of carbonyl (C=O) groups is 1. The second-order valence-corrected chi connectivity index (χ2v) is 7.95. The lowest BCUT2D eigenvalue weighted by Gasteiger charge is -2.23. The first-order valence-electron chi connectivity index (χ1n) is 9.97. The van der Waals surface area contributed by atoms with Crippen LogP contribution in [-0.4, -0.2) is 24.5 Å². The number of hydrogen-bond acceptors (Lipinski definition) is 5. The summed E-state index contributed by atoms with van der Waals surface area (Å²) in [6, 6.07) is 26.9. The van der Waals surface area contributed by atoms with Crippen LogP contribution in [-0.2, 0) is 4.79 Å². The van der Waals surface area contributed by atoms with Crippen molar-refractivity contribution in [2.24, 2.45) is 0 Å². The molecule has 0 saturated carbocycles. The van der Waals surface area contributed by atoms with Gasteiger partial charge in [-0.2, -0.15) is 0 Å². The van der Waals surface area contributed by atoms with Crippen molar-refractivity contribution in [1.29, 1.82) is 0 Å². The monoisotopic (exact) mass is 429 g/mol. The van der Waals surface area contributed by atoms with Crippen molar-refractivity contribution in [1.82, 2.24) is 10.3 Å². The minimum atomic E-state index is -0.280. The predicted octanol–water partition coefficient (Wildman–Crippen LogP) is 5.28. The minimum Gasteiger partial charge on any atom is -0.455 e. The lowest BCUT2D eigenvalue weighted by atomic mass is 10.1. The molecule has 1 N–H and O–H groups in total. The Morgan fingerprint density at radius 2 is 1.68 bits per heavy atom. The number of ether oxygens (including phenoxy) is 1. The van der Waals surface area contributed by atoms with Crippen LogP contribution in [0.2, 0.25) is 0 Å². The molecule has 0 radical (unpaired) electrons. The van der Waals surface area contributed by atoms with Crippen LogP contribution in [0.1, 0.15) is 16.6 Å². The highest BCUT2D eigenvalue weighted by Crippen LogP contribution is 2.31. The standard InChI is InChI=1S/C25H23N3O2S/c1-28(21-14-8-9-15-22(21)30-20-12-6-3-7-13-20)18-23(29)27-24(25-26-16-17-31-25)19-10-4-2-5-11-19/h2-17,24H,18H2,1H3,(H,27,29). The molecule has 5 nitrogen and oxygen atoms in total. The van der Waals surface area contributed by atoms with E-state index in [9.17, 15) is 4.79 Å². The SMILES string of the molecule is CN(CC(=O)NC(c1ccccc1)c1nccs1)c1ccccc1Oc1ccccc1. The summed E-state index contributed by atoms with van der Waals surface area (Å²) >= 11 is 1.53. The molecular weight excluding hydrogens is 406 g/mol. The average Bonchev–Trinajstić information content (AvgIpc) is 3.34. The number of carbonyl (C=O) groups excluding carboxylic acids is 1. The Kier molecular flexibility index (Phi) is 6.59. The first-order valence-corrected chi connectivity index (χ1v) is 10.9. The average molecular weight is 430 g/mol. The molecule has 6 heteroatoms. The molecule has 3 aromatic carbocycles. The fourth-order valence-corrected chi connectivity index (χ4v) is 4.01. The third-order valence-corrected chi connectivity index (χ3v) is 5.61. The zero-order valence-electron chi connectivity index (χ0n) is 17.1. The first-order chi connectivity index (χ1) is 15.2. The van der Waals surface area contributed by atoms with E-state index in [2.05, 4.69) is 10.3 Å². The number of amides is 1. The molecule has 1 unspecified atom stereocenters. The van der Waals surface area contributed by atoms with Gasteiger partial charge in [-0.15, -0.1) is 11.3 Å². The van der Waals surface area contributed by atoms with Crippen LogP contribution in [0.15, 0.2) is 96.5 Å². The maximum absolute atomic E-state index is 13.0. The lowest BCUT2D eigenvalue weighted by molar-refractivity contribution is -0.120. The van der Waals surface area contributed by atoms with Crippen molar-refractivity contribution in [3.8, 4) is 11.5 Å². The zero-order chi connectivity index (χ0) is 21.5. The van der Waals surface area contributed by atoms with Gasteiger partial charge in [0.2, 0.25) is 5.91 Å². The number of nitrogens with zero attached hydrogens (tertiary/aromatic N) is 2. The highest BCUT2D eigenvalue weighted by molar-refractivity contribution is 7.09. The summed E-state index contributed by atoms with van der Waals surface area (Å²) in [5, 5.41) is 5.91. The number of anilines is 1. The van der Waals surface area contributed by atoms with E-state index in [0.717, 1.165) is 22.0 Å². The van der Waals surface area contributed by atoms with Crippen LogP contribution in [0.5, 0.6) is 11.5 Å². The maximum atomic E-state index is 13.0. The molecular formula is C25H23N3O2S. The molecule has 0 saturated heterocycles. The Hall–Kier alpha value is -3.64. The van der Waals surface area contributed by atoms with Crippen LogP contribution in [0.4, 0.5) is 5.69 Å². The maximum Gasteiger partial charge on any atom is 0.240 e. The van der Waals surface area contributed by atoms with E-state index in [1.165, 1.54) is 11.3 Å². The van der Waals surface area contributed by atoms with Crippen molar-refractivity contribution < 1.29 is 9.53 Å². The summed E-state index contributed by atoms with van der Waals surface area (Å²) in [5.41, 5.74) is 1.84. The molecule has 156 valence electrons. The fourth-order valence-electron chi connectivity index (χ4n) is 3.29. The van der Waals surface area contributed by atoms with Gasteiger partial charge in [0.05, 0.1) is 12.2 Å². The summed E-state index contributed by atoms with van der Waals surface area (Å²) in [7, 11) is 1.88. The van der Waals surface area contributed by atoms with Gasteiger partial charge in [-0.25, -0.2) is 4.98 Å². The third-order valence-electron chi connectivity index (χ3n) is 4.76. The first kappa shape index (κ1) is 20.6. The molecule has 0 aliphatic heterocycles. The van der Waals surface area contributed by atoms with Crippen molar-refractivity contribution >= 4 is 22.9 Å². The van der Waals surface area contributed by atoms with Gasteiger partial charge in [-0.3, -0.25) is 4.79 Å². The van der Waals surface area contributed by atoms with Gasteiger partial charge in [0.1, 0.15) is 16.8 Å². The highest BCUT2D eigenvalue weighted by Gasteiger charge is 2.20. The van der Waals surface area contributed by atoms with Crippen molar-refractivity contribution in [3.63, 3.8) is 0 Å². The molecule has 0 aliphatic carbocycles. The van der Waals surface area contributed by atoms with Crippen LogP contribution >= 0.6 is 11.3 Å². The number of thiazole rings is 1. The second-order valence-electron chi connectivity index (χ2n) is 7.02. The Morgan fingerprint density at radius 1 is 1.00 bits per heavy atom. The minimum absolute atomic E-state index is 0.0962. The molecule has 1 aromatic heterocycles. The largest absolute Gasteiger partial charge is 0.455 e. The number of rotatable bonds is 8. The summed E-state index contributed by atoms with van der Waals surface area (Å²) in [6.45, 7) is 0.184. The number of hydrogen-bond donors (Lipinski definition) is 1. The Labute approximate surface area is 186 Å². The van der Waals surface area contributed by atoms with Gasteiger partial charge in [0.25, 0.3) is 0 Å². The number of para-hydroxylation sites is 3. The summed E-state index contributed by atoms with van der Waals surface area (Å²) in [5.74, 6) is 1.35. The summed E-state index contributed by atoms with van der Waals surface area (Å²) in [4.78, 5) is 19.3. The number of likely N-dealkylation sites (N-methyl/N-ethyl adjacent to an activating group) is 1. The van der Waals surface area contributed by atoms with Gasteiger partial charge in [0, 0.05) is 18.6 Å². The second kappa shape index (κ2) is 9.91. The number of aromatic nitrogens is 1. The number of benzene rings is 3. The number of nitrogens with one attached hydrogen (secondary N) is 1. The Balaban J connectivity index is 1.48. The van der Waals surface area contributed by atoms with E-state index < -0.39 is 0 Å².